The molecular formula is C29H30N4O3. The van der Waals surface area contributed by atoms with Gasteiger partial charge in [0.05, 0.1) is 0 Å². The van der Waals surface area contributed by atoms with Crippen molar-refractivity contribution in [3.8, 4) is 5.75 Å². The van der Waals surface area contributed by atoms with Crippen molar-refractivity contribution < 1.29 is 9.53 Å². The van der Waals surface area contributed by atoms with Crippen molar-refractivity contribution in [2.75, 3.05) is 25.0 Å². The van der Waals surface area contributed by atoms with Gasteiger partial charge in [0.25, 0.3) is 11.5 Å². The van der Waals surface area contributed by atoms with E-state index in [4.69, 9.17) is 4.74 Å². The molecule has 1 fully saturated rings. The normalized spacial score (nSPS) is 19.1. The molecule has 0 radical (unpaired) electrons. The van der Waals surface area contributed by atoms with E-state index in [1.807, 2.05) is 28.8 Å². The molecule has 1 saturated heterocycles. The summed E-state index contributed by atoms with van der Waals surface area (Å²) in [5.74, 6) is 1.01. The number of pyridine rings is 1. The van der Waals surface area contributed by atoms with E-state index in [-0.39, 0.29) is 18.1 Å². The van der Waals surface area contributed by atoms with Crippen LogP contribution in [0.25, 0.3) is 10.9 Å². The van der Waals surface area contributed by atoms with E-state index < -0.39 is 0 Å². The number of aryl methyl sites for hydroxylation is 1. The molecule has 184 valence electrons. The van der Waals surface area contributed by atoms with Gasteiger partial charge in [0.1, 0.15) is 11.4 Å². The van der Waals surface area contributed by atoms with E-state index in [0.29, 0.717) is 29.8 Å². The van der Waals surface area contributed by atoms with Gasteiger partial charge in [-0.1, -0.05) is 36.4 Å². The Morgan fingerprint density at radius 1 is 1.00 bits per heavy atom. The minimum absolute atomic E-state index is 0.127. The Labute approximate surface area is 209 Å². The quantitative estimate of drug-likeness (QED) is 0.452. The molecule has 2 bridgehead atoms. The third-order valence-corrected chi connectivity index (χ3v) is 7.44. The number of likely N-dealkylation sites (tertiary alicyclic amines) is 1. The Bertz CT molecular complexity index is 1470. The largest absolute Gasteiger partial charge is 0.484 e. The number of benzene rings is 2. The number of para-hydroxylation sites is 2. The summed E-state index contributed by atoms with van der Waals surface area (Å²) in [6.07, 6.45) is 3.34. The summed E-state index contributed by atoms with van der Waals surface area (Å²) in [5.41, 5.74) is 3.86. The Balaban J connectivity index is 1.16. The molecule has 2 aromatic heterocycles. The van der Waals surface area contributed by atoms with Gasteiger partial charge in [0.15, 0.2) is 6.61 Å². The lowest BCUT2D eigenvalue weighted by Gasteiger charge is -2.43. The molecule has 0 spiro atoms. The molecule has 4 aromatic rings. The van der Waals surface area contributed by atoms with Crippen molar-refractivity contribution in [3.05, 3.63) is 94.5 Å². The summed E-state index contributed by atoms with van der Waals surface area (Å²) in [6.45, 7) is 3.34. The van der Waals surface area contributed by atoms with Crippen molar-refractivity contribution in [1.29, 1.82) is 0 Å². The van der Waals surface area contributed by atoms with Gasteiger partial charge in [0, 0.05) is 61.9 Å². The maximum Gasteiger partial charge on any atom is 0.274 e. The van der Waals surface area contributed by atoms with Crippen LogP contribution in [0.15, 0.2) is 77.7 Å². The molecule has 2 atom stereocenters. The summed E-state index contributed by atoms with van der Waals surface area (Å²) in [7, 11) is 2.10. The topological polar surface area (TPSA) is 68.5 Å². The number of piperidine rings is 1. The monoisotopic (exact) mass is 482 g/mol. The Hall–Kier alpha value is -3.84. The van der Waals surface area contributed by atoms with Gasteiger partial charge in [0.2, 0.25) is 0 Å². The second-order valence-electron chi connectivity index (χ2n) is 10.0. The van der Waals surface area contributed by atoms with Crippen molar-refractivity contribution in [2.45, 2.75) is 25.4 Å². The van der Waals surface area contributed by atoms with Crippen LogP contribution < -0.4 is 15.6 Å². The Morgan fingerprint density at radius 3 is 2.67 bits per heavy atom. The molecule has 0 saturated carbocycles. The van der Waals surface area contributed by atoms with Crippen LogP contribution >= 0.6 is 0 Å². The third kappa shape index (κ3) is 4.31. The zero-order chi connectivity index (χ0) is 24.6. The van der Waals surface area contributed by atoms with E-state index in [1.54, 1.807) is 18.2 Å². The zero-order valence-corrected chi connectivity index (χ0v) is 20.4. The molecule has 7 heteroatoms. The first kappa shape index (κ1) is 22.6. The summed E-state index contributed by atoms with van der Waals surface area (Å²) in [6, 6.07) is 21.5. The standard InChI is InChI=1S/C29H30N4O3/c1-31-16-22(24-9-5-6-10-27(24)31)18-32-14-20-13-21(17-32)26-12-11-25(29(35)33(26)15-20)30-28(34)19-36-23-7-3-2-4-8-23/h2-12,16,20-21H,13-15,17-19H2,1H3,(H,30,34)/t20-,21-/m1/s1. The highest BCUT2D eigenvalue weighted by Gasteiger charge is 2.35. The number of hydrogen-bond donors (Lipinski definition) is 1. The molecule has 2 aromatic carbocycles. The molecule has 0 aliphatic carbocycles. The number of aromatic nitrogens is 2. The van der Waals surface area contributed by atoms with Crippen molar-refractivity contribution in [3.63, 3.8) is 0 Å². The van der Waals surface area contributed by atoms with E-state index in [1.165, 1.54) is 16.5 Å². The lowest BCUT2D eigenvalue weighted by atomic mass is 9.83. The highest BCUT2D eigenvalue weighted by Crippen LogP contribution is 2.36. The van der Waals surface area contributed by atoms with Gasteiger partial charge in [-0.2, -0.15) is 0 Å². The average molecular weight is 483 g/mol. The summed E-state index contributed by atoms with van der Waals surface area (Å²) >= 11 is 0. The van der Waals surface area contributed by atoms with Crippen LogP contribution in [0.4, 0.5) is 5.69 Å². The van der Waals surface area contributed by atoms with Crippen LogP contribution in [0.1, 0.15) is 23.6 Å². The van der Waals surface area contributed by atoms with Crippen LogP contribution in [-0.2, 0) is 24.9 Å². The van der Waals surface area contributed by atoms with Crippen molar-refractivity contribution >= 4 is 22.5 Å². The van der Waals surface area contributed by atoms with Crippen LogP contribution in [0, 0.1) is 5.92 Å². The second-order valence-corrected chi connectivity index (χ2v) is 10.0. The second kappa shape index (κ2) is 9.32. The molecule has 4 heterocycles. The predicted octanol–water partition coefficient (Wildman–Crippen LogP) is 3.98. The number of amides is 1. The molecule has 1 amide bonds. The number of carbonyl (C=O) groups is 1. The van der Waals surface area contributed by atoms with Gasteiger partial charge < -0.3 is 19.2 Å². The van der Waals surface area contributed by atoms with Gasteiger partial charge in [-0.25, -0.2) is 0 Å². The van der Waals surface area contributed by atoms with E-state index in [9.17, 15) is 9.59 Å². The smallest absolute Gasteiger partial charge is 0.274 e. The molecule has 1 N–H and O–H groups in total. The minimum Gasteiger partial charge on any atom is -0.484 e. The van der Waals surface area contributed by atoms with Crippen LogP contribution in [0.2, 0.25) is 0 Å². The molecule has 2 aliphatic rings. The lowest BCUT2D eigenvalue weighted by Crippen LogP contribution is -2.47. The van der Waals surface area contributed by atoms with Gasteiger partial charge in [-0.3, -0.25) is 14.5 Å². The van der Waals surface area contributed by atoms with Crippen LogP contribution in [0.5, 0.6) is 5.75 Å². The number of rotatable bonds is 6. The molecule has 6 rings (SSSR count). The van der Waals surface area contributed by atoms with E-state index >= 15 is 0 Å². The minimum atomic E-state index is -0.339. The number of nitrogens with zero attached hydrogens (tertiary/aromatic N) is 3. The maximum atomic E-state index is 13.3. The number of hydrogen-bond acceptors (Lipinski definition) is 4. The zero-order valence-electron chi connectivity index (χ0n) is 20.4. The molecule has 2 aliphatic heterocycles. The van der Waals surface area contributed by atoms with E-state index in [0.717, 1.165) is 31.7 Å². The predicted molar refractivity (Wildman–Crippen MR) is 140 cm³/mol. The summed E-state index contributed by atoms with van der Waals surface area (Å²) in [4.78, 5) is 28.2. The first-order valence-electron chi connectivity index (χ1n) is 12.5. The highest BCUT2D eigenvalue weighted by molar-refractivity contribution is 5.91. The SMILES string of the molecule is Cn1cc(CN2C[C@H]3C[C@H](C2)c2ccc(NC(=O)COc4ccccc4)c(=O)n2C3)c2ccccc21. The van der Waals surface area contributed by atoms with Gasteiger partial charge >= 0.3 is 0 Å². The number of nitrogens with one attached hydrogen (secondary N) is 1. The third-order valence-electron chi connectivity index (χ3n) is 7.44. The molecule has 0 unspecified atom stereocenters. The first-order chi connectivity index (χ1) is 17.5. The van der Waals surface area contributed by atoms with Crippen molar-refractivity contribution in [1.82, 2.24) is 14.0 Å². The lowest BCUT2D eigenvalue weighted by molar-refractivity contribution is -0.118. The fourth-order valence-electron chi connectivity index (χ4n) is 5.91. The Morgan fingerprint density at radius 2 is 1.81 bits per heavy atom. The number of fused-ring (bicyclic) bond motifs is 5. The summed E-state index contributed by atoms with van der Waals surface area (Å²) in [5, 5.41) is 4.06. The fraction of sp³-hybridized carbons (Fsp3) is 0.310. The maximum absolute atomic E-state index is 13.3. The number of ether oxygens (including phenoxy) is 1. The highest BCUT2D eigenvalue weighted by atomic mass is 16.5. The number of carbonyl (C=O) groups excluding carboxylic acids is 1. The van der Waals surface area contributed by atoms with Crippen molar-refractivity contribution in [2.24, 2.45) is 13.0 Å². The van der Waals surface area contributed by atoms with Gasteiger partial charge in [-0.15, -0.1) is 0 Å². The first-order valence-corrected chi connectivity index (χ1v) is 12.5. The molecule has 7 nitrogen and oxygen atoms in total. The molecule has 36 heavy (non-hydrogen) atoms. The van der Waals surface area contributed by atoms with Crippen LogP contribution in [-0.4, -0.2) is 39.6 Å². The van der Waals surface area contributed by atoms with E-state index in [2.05, 4.69) is 52.3 Å². The average Bonchev–Trinajstić information content (AvgIpc) is 3.20. The van der Waals surface area contributed by atoms with Crippen LogP contribution in [0.3, 0.4) is 0 Å². The summed E-state index contributed by atoms with van der Waals surface area (Å²) < 4.78 is 9.59. The Kier molecular flexibility index (Phi) is 5.85. The van der Waals surface area contributed by atoms with Gasteiger partial charge in [-0.05, 0) is 48.2 Å². The molecular weight excluding hydrogens is 452 g/mol. The fourth-order valence-corrected chi connectivity index (χ4v) is 5.91. The number of anilines is 1.